The minimum atomic E-state index is -3.80. The molecule has 2 aromatic rings. The summed E-state index contributed by atoms with van der Waals surface area (Å²) < 4.78 is 22.8. The van der Waals surface area contributed by atoms with E-state index >= 15 is 0 Å². The number of fused-ring (bicyclic) bond motifs is 1. The first-order chi connectivity index (χ1) is 7.41. The van der Waals surface area contributed by atoms with Gasteiger partial charge in [-0.05, 0) is 6.07 Å². The highest BCUT2D eigenvalue weighted by atomic mass is 32.2. The number of nitrogens with two attached hydrogens (primary N) is 3. The second-order valence-electron chi connectivity index (χ2n) is 3.47. The van der Waals surface area contributed by atoms with Gasteiger partial charge < -0.3 is 11.5 Å². The van der Waals surface area contributed by atoms with Crippen LogP contribution in [-0.2, 0) is 10.0 Å². The van der Waals surface area contributed by atoms with Gasteiger partial charge in [-0.2, -0.15) is 0 Å². The highest BCUT2D eigenvalue weighted by Gasteiger charge is 2.15. The summed E-state index contributed by atoms with van der Waals surface area (Å²) in [5.41, 5.74) is 12.0. The Kier molecular flexibility index (Phi) is 2.25. The van der Waals surface area contributed by atoms with Gasteiger partial charge in [0.25, 0.3) is 0 Å². The zero-order valence-electron chi connectivity index (χ0n) is 8.34. The predicted octanol–water partition coefficient (Wildman–Crippen LogP) is 0.652. The quantitative estimate of drug-likeness (QED) is 0.632. The molecule has 0 bridgehead atoms. The van der Waals surface area contributed by atoms with Crippen LogP contribution in [0.2, 0.25) is 0 Å². The van der Waals surface area contributed by atoms with Crippen LogP contribution >= 0.6 is 0 Å². The summed E-state index contributed by atoms with van der Waals surface area (Å²) in [6.45, 7) is 0. The fraction of sp³-hybridized carbons (Fsp3) is 0. The fourth-order valence-corrected chi connectivity index (χ4v) is 2.40. The lowest BCUT2D eigenvalue weighted by Crippen LogP contribution is -2.13. The summed E-state index contributed by atoms with van der Waals surface area (Å²) in [5.74, 6) is 0. The molecule has 6 heteroatoms. The van der Waals surface area contributed by atoms with Crippen LogP contribution in [0.5, 0.6) is 0 Å². The van der Waals surface area contributed by atoms with Gasteiger partial charge >= 0.3 is 0 Å². The van der Waals surface area contributed by atoms with Crippen molar-refractivity contribution in [3.05, 3.63) is 30.3 Å². The first-order valence-corrected chi connectivity index (χ1v) is 6.05. The van der Waals surface area contributed by atoms with Crippen molar-refractivity contribution < 1.29 is 8.42 Å². The largest absolute Gasteiger partial charge is 0.397 e. The van der Waals surface area contributed by atoms with E-state index in [0.29, 0.717) is 16.5 Å². The summed E-state index contributed by atoms with van der Waals surface area (Å²) in [5, 5.41) is 6.19. The van der Waals surface area contributed by atoms with Gasteiger partial charge in [0, 0.05) is 10.8 Å². The topological polar surface area (TPSA) is 112 Å². The van der Waals surface area contributed by atoms with Crippen LogP contribution in [0, 0.1) is 0 Å². The Balaban J connectivity index is 3.02. The second kappa shape index (κ2) is 3.36. The van der Waals surface area contributed by atoms with Gasteiger partial charge in [-0.3, -0.25) is 0 Å². The molecule has 84 valence electrons. The molecule has 0 spiro atoms. The maximum Gasteiger partial charge on any atom is 0.238 e. The van der Waals surface area contributed by atoms with Gasteiger partial charge in [0.1, 0.15) is 0 Å². The standard InChI is InChI=1S/C10H11N3O2S/c11-8-5-9(16(13,14)15)6-3-1-2-4-7(6)10(8)12/h1-5H,11-12H2,(H2,13,14,15). The minimum absolute atomic E-state index is 0.00481. The highest BCUT2D eigenvalue weighted by molar-refractivity contribution is 7.89. The zero-order chi connectivity index (χ0) is 11.9. The molecule has 0 heterocycles. The van der Waals surface area contributed by atoms with E-state index in [1.165, 1.54) is 6.07 Å². The average Bonchev–Trinajstić information content (AvgIpc) is 2.22. The van der Waals surface area contributed by atoms with Crippen molar-refractivity contribution >= 4 is 32.2 Å². The van der Waals surface area contributed by atoms with E-state index in [0.717, 1.165) is 0 Å². The molecule has 0 aliphatic rings. The van der Waals surface area contributed by atoms with Crippen LogP contribution in [-0.4, -0.2) is 8.42 Å². The highest BCUT2D eigenvalue weighted by Crippen LogP contribution is 2.31. The normalized spacial score (nSPS) is 11.8. The van der Waals surface area contributed by atoms with Crippen LogP contribution in [0.4, 0.5) is 11.4 Å². The number of nitrogen functional groups attached to an aromatic ring is 2. The van der Waals surface area contributed by atoms with Crippen molar-refractivity contribution in [1.82, 2.24) is 0 Å². The van der Waals surface area contributed by atoms with Gasteiger partial charge in [0.05, 0.1) is 16.3 Å². The third kappa shape index (κ3) is 1.58. The van der Waals surface area contributed by atoms with Gasteiger partial charge in [-0.25, -0.2) is 13.6 Å². The molecular formula is C10H11N3O2S. The van der Waals surface area contributed by atoms with Gasteiger partial charge in [0.15, 0.2) is 0 Å². The first-order valence-electron chi connectivity index (χ1n) is 4.51. The van der Waals surface area contributed by atoms with Crippen molar-refractivity contribution in [3.63, 3.8) is 0 Å². The summed E-state index contributed by atoms with van der Waals surface area (Å²) in [6, 6.07) is 8.10. The van der Waals surface area contributed by atoms with Crippen LogP contribution in [0.3, 0.4) is 0 Å². The van der Waals surface area contributed by atoms with E-state index in [2.05, 4.69) is 0 Å². The third-order valence-electron chi connectivity index (χ3n) is 2.39. The Morgan fingerprint density at radius 3 is 2.12 bits per heavy atom. The fourth-order valence-electron chi connectivity index (χ4n) is 1.62. The average molecular weight is 237 g/mol. The molecule has 0 fully saturated rings. The van der Waals surface area contributed by atoms with Crippen molar-refractivity contribution in [2.45, 2.75) is 4.90 Å². The van der Waals surface area contributed by atoms with Crippen LogP contribution in [0.15, 0.2) is 35.2 Å². The molecule has 6 N–H and O–H groups in total. The van der Waals surface area contributed by atoms with E-state index in [9.17, 15) is 8.42 Å². The number of sulfonamides is 1. The molecule has 0 aromatic heterocycles. The first kappa shape index (κ1) is 10.7. The second-order valence-corrected chi connectivity index (χ2v) is 5.00. The summed E-state index contributed by atoms with van der Waals surface area (Å²) >= 11 is 0. The van der Waals surface area contributed by atoms with E-state index in [4.69, 9.17) is 16.6 Å². The number of primary sulfonamides is 1. The SMILES string of the molecule is Nc1cc(S(N)(=O)=O)c2ccccc2c1N. The predicted molar refractivity (Wildman–Crippen MR) is 64.1 cm³/mol. The van der Waals surface area contributed by atoms with E-state index < -0.39 is 10.0 Å². The number of rotatable bonds is 1. The Hall–Kier alpha value is -1.79. The van der Waals surface area contributed by atoms with Crippen LogP contribution < -0.4 is 16.6 Å². The van der Waals surface area contributed by atoms with Gasteiger partial charge in [0.2, 0.25) is 10.0 Å². The van der Waals surface area contributed by atoms with E-state index in [1.807, 2.05) is 0 Å². The van der Waals surface area contributed by atoms with E-state index in [-0.39, 0.29) is 10.6 Å². The Bertz CT molecular complexity index is 665. The van der Waals surface area contributed by atoms with E-state index in [1.54, 1.807) is 24.3 Å². The molecule has 0 aliphatic carbocycles. The lowest BCUT2D eigenvalue weighted by atomic mass is 10.1. The number of hydrogen-bond acceptors (Lipinski definition) is 4. The maximum absolute atomic E-state index is 11.4. The molecule has 0 radical (unpaired) electrons. The lowest BCUT2D eigenvalue weighted by molar-refractivity contribution is 0.598. The van der Waals surface area contributed by atoms with Crippen molar-refractivity contribution in [2.24, 2.45) is 5.14 Å². The van der Waals surface area contributed by atoms with Crippen LogP contribution in [0.25, 0.3) is 10.8 Å². The van der Waals surface area contributed by atoms with Crippen LogP contribution in [0.1, 0.15) is 0 Å². The molecule has 0 unspecified atom stereocenters. The van der Waals surface area contributed by atoms with Crippen molar-refractivity contribution in [3.8, 4) is 0 Å². The molecule has 0 amide bonds. The molecule has 0 aliphatic heterocycles. The summed E-state index contributed by atoms with van der Waals surface area (Å²) in [4.78, 5) is -0.00481. The number of hydrogen-bond donors (Lipinski definition) is 3. The molecule has 0 saturated heterocycles. The molecule has 2 rings (SSSR count). The monoisotopic (exact) mass is 237 g/mol. The third-order valence-corrected chi connectivity index (χ3v) is 3.34. The number of benzene rings is 2. The summed E-state index contributed by atoms with van der Waals surface area (Å²) in [7, 11) is -3.80. The Morgan fingerprint density at radius 2 is 1.56 bits per heavy atom. The minimum Gasteiger partial charge on any atom is -0.397 e. The van der Waals surface area contributed by atoms with Gasteiger partial charge in [-0.15, -0.1) is 0 Å². The van der Waals surface area contributed by atoms with Crippen molar-refractivity contribution in [1.29, 1.82) is 0 Å². The Morgan fingerprint density at radius 1 is 1.00 bits per heavy atom. The molecule has 0 atom stereocenters. The number of anilines is 2. The molecule has 16 heavy (non-hydrogen) atoms. The lowest BCUT2D eigenvalue weighted by Gasteiger charge is -2.09. The maximum atomic E-state index is 11.4. The van der Waals surface area contributed by atoms with Gasteiger partial charge in [-0.1, -0.05) is 24.3 Å². The Labute approximate surface area is 92.9 Å². The molecule has 0 saturated carbocycles. The van der Waals surface area contributed by atoms with Crippen molar-refractivity contribution in [2.75, 3.05) is 11.5 Å². The zero-order valence-corrected chi connectivity index (χ0v) is 9.16. The summed E-state index contributed by atoms with van der Waals surface area (Å²) in [6.07, 6.45) is 0. The molecule has 2 aromatic carbocycles. The molecular weight excluding hydrogens is 226 g/mol. The smallest absolute Gasteiger partial charge is 0.238 e. The molecule has 5 nitrogen and oxygen atoms in total.